The molecule has 8 heteroatoms. The number of ether oxygens (including phenoxy) is 2. The molecule has 7 nitrogen and oxygen atoms in total. The number of nitrogens with one attached hydrogen (secondary N) is 1. The fraction of sp³-hybridized carbons (Fsp3) is 0.538. The Hall–Kier alpha value is -1.35. The van der Waals surface area contributed by atoms with Crippen LogP contribution in [0.25, 0.3) is 0 Å². The average Bonchev–Trinajstić information content (AvgIpc) is 2.44. The van der Waals surface area contributed by atoms with Gasteiger partial charge in [-0.1, -0.05) is 0 Å². The maximum Gasteiger partial charge on any atom is 0.240 e. The Labute approximate surface area is 125 Å². The van der Waals surface area contributed by atoms with Crippen molar-refractivity contribution in [2.75, 3.05) is 33.1 Å². The van der Waals surface area contributed by atoms with Gasteiger partial charge in [0.15, 0.2) is 0 Å². The first-order valence-electron chi connectivity index (χ1n) is 6.36. The highest BCUT2D eigenvalue weighted by atomic mass is 32.2. The summed E-state index contributed by atoms with van der Waals surface area (Å²) in [5.41, 5.74) is 4.80. The third-order valence-corrected chi connectivity index (χ3v) is 4.40. The Morgan fingerprint density at radius 1 is 1.38 bits per heavy atom. The number of nitrogens with two attached hydrogens (primary N) is 1. The van der Waals surface area contributed by atoms with E-state index in [9.17, 15) is 13.5 Å². The van der Waals surface area contributed by atoms with Gasteiger partial charge in [0.1, 0.15) is 5.75 Å². The second-order valence-electron chi connectivity index (χ2n) is 4.97. The maximum absolute atomic E-state index is 12.2. The van der Waals surface area contributed by atoms with Gasteiger partial charge in [0.25, 0.3) is 0 Å². The Morgan fingerprint density at radius 3 is 2.62 bits per heavy atom. The molecule has 0 aliphatic carbocycles. The average molecular weight is 318 g/mol. The Bertz CT molecular complexity index is 572. The molecule has 0 radical (unpaired) electrons. The number of benzene rings is 1. The van der Waals surface area contributed by atoms with E-state index in [0.717, 1.165) is 0 Å². The lowest BCUT2D eigenvalue weighted by Gasteiger charge is -2.23. The van der Waals surface area contributed by atoms with Gasteiger partial charge in [-0.2, -0.15) is 0 Å². The van der Waals surface area contributed by atoms with E-state index in [1.807, 2.05) is 0 Å². The first-order valence-corrected chi connectivity index (χ1v) is 7.85. The molecule has 0 heterocycles. The van der Waals surface area contributed by atoms with E-state index in [1.165, 1.54) is 39.3 Å². The van der Waals surface area contributed by atoms with Crippen molar-refractivity contribution in [1.82, 2.24) is 4.72 Å². The number of sulfonamides is 1. The van der Waals surface area contributed by atoms with Gasteiger partial charge in [-0.05, 0) is 19.1 Å². The van der Waals surface area contributed by atoms with Crippen molar-refractivity contribution in [2.24, 2.45) is 0 Å². The van der Waals surface area contributed by atoms with Crippen molar-refractivity contribution in [3.63, 3.8) is 0 Å². The third-order valence-electron chi connectivity index (χ3n) is 3.00. The highest BCUT2D eigenvalue weighted by Crippen LogP contribution is 2.24. The summed E-state index contributed by atoms with van der Waals surface area (Å²) in [4.78, 5) is 0.0242. The van der Waals surface area contributed by atoms with Crippen molar-refractivity contribution in [1.29, 1.82) is 0 Å². The fourth-order valence-electron chi connectivity index (χ4n) is 1.60. The molecule has 0 aromatic heterocycles. The Morgan fingerprint density at radius 2 is 2.05 bits per heavy atom. The first kappa shape index (κ1) is 17.7. The number of aliphatic hydroxyl groups is 1. The summed E-state index contributed by atoms with van der Waals surface area (Å²) in [5, 5.41) is 10.0. The molecule has 4 N–H and O–H groups in total. The number of anilines is 1. The molecule has 21 heavy (non-hydrogen) atoms. The maximum atomic E-state index is 12.2. The normalized spacial score (nSPS) is 14.7. The van der Waals surface area contributed by atoms with Crippen LogP contribution in [0.3, 0.4) is 0 Å². The zero-order valence-corrected chi connectivity index (χ0v) is 13.2. The van der Waals surface area contributed by atoms with Gasteiger partial charge in [0, 0.05) is 32.7 Å². The second-order valence-corrected chi connectivity index (χ2v) is 6.74. The van der Waals surface area contributed by atoms with Crippen LogP contribution in [0.15, 0.2) is 23.1 Å². The lowest BCUT2D eigenvalue weighted by Crippen LogP contribution is -2.41. The molecular formula is C13H22N2O5S. The molecule has 1 unspecified atom stereocenters. The van der Waals surface area contributed by atoms with Gasteiger partial charge >= 0.3 is 0 Å². The molecule has 0 saturated carbocycles. The minimum Gasteiger partial charge on any atom is -0.495 e. The predicted molar refractivity (Wildman–Crippen MR) is 79.7 cm³/mol. The summed E-state index contributed by atoms with van der Waals surface area (Å²) in [6.07, 6.45) is 0.317. The molecule has 0 aliphatic rings. The summed E-state index contributed by atoms with van der Waals surface area (Å²) >= 11 is 0. The van der Waals surface area contributed by atoms with Gasteiger partial charge < -0.3 is 20.3 Å². The van der Waals surface area contributed by atoms with Gasteiger partial charge in [-0.3, -0.25) is 0 Å². The molecular weight excluding hydrogens is 296 g/mol. The molecule has 0 bridgehead atoms. The van der Waals surface area contributed by atoms with Gasteiger partial charge in [0.2, 0.25) is 10.0 Å². The standard InChI is InChI=1S/C13H22N2O5S/c1-13(16,6-7-19-2)9-15-21(17,18)10-4-5-11(14)12(8-10)20-3/h4-5,8,15-16H,6-7,9,14H2,1-3H3. The minimum atomic E-state index is -3.75. The molecule has 0 saturated heterocycles. The van der Waals surface area contributed by atoms with Gasteiger partial charge in [-0.25, -0.2) is 13.1 Å². The predicted octanol–water partition coefficient (Wildman–Crippen LogP) is 0.343. The van der Waals surface area contributed by atoms with E-state index >= 15 is 0 Å². The van der Waals surface area contributed by atoms with Crippen LogP contribution in [0.4, 0.5) is 5.69 Å². The number of hydrogen-bond acceptors (Lipinski definition) is 6. The van der Waals surface area contributed by atoms with Crippen LogP contribution in [0.1, 0.15) is 13.3 Å². The summed E-state index contributed by atoms with van der Waals surface area (Å²) in [5.74, 6) is 0.281. The van der Waals surface area contributed by atoms with E-state index in [2.05, 4.69) is 4.72 Å². The van der Waals surface area contributed by atoms with Crippen LogP contribution in [0, 0.1) is 0 Å². The molecule has 0 aliphatic heterocycles. The Kier molecular flexibility index (Phi) is 5.97. The molecule has 0 amide bonds. The van der Waals surface area contributed by atoms with Gasteiger partial charge in [-0.15, -0.1) is 0 Å². The van der Waals surface area contributed by atoms with Gasteiger partial charge in [0.05, 0.1) is 23.3 Å². The van der Waals surface area contributed by atoms with Crippen molar-refractivity contribution in [2.45, 2.75) is 23.8 Å². The fourth-order valence-corrected chi connectivity index (χ4v) is 2.78. The first-order chi connectivity index (χ1) is 9.72. The molecule has 1 aromatic rings. The molecule has 0 fully saturated rings. The zero-order valence-electron chi connectivity index (χ0n) is 12.4. The van der Waals surface area contributed by atoms with Crippen LogP contribution >= 0.6 is 0 Å². The van der Waals surface area contributed by atoms with Crippen molar-refractivity contribution >= 4 is 15.7 Å². The van der Waals surface area contributed by atoms with E-state index in [0.29, 0.717) is 18.7 Å². The van der Waals surface area contributed by atoms with E-state index in [4.69, 9.17) is 15.2 Å². The van der Waals surface area contributed by atoms with Crippen LogP contribution < -0.4 is 15.2 Å². The molecule has 120 valence electrons. The summed E-state index contributed by atoms with van der Waals surface area (Å²) in [6.45, 7) is 1.76. The lowest BCUT2D eigenvalue weighted by atomic mass is 10.0. The zero-order chi connectivity index (χ0) is 16.1. The molecule has 0 spiro atoms. The number of methoxy groups -OCH3 is 2. The van der Waals surface area contributed by atoms with E-state index in [1.54, 1.807) is 0 Å². The topological polar surface area (TPSA) is 111 Å². The highest BCUT2D eigenvalue weighted by molar-refractivity contribution is 7.89. The monoisotopic (exact) mass is 318 g/mol. The second kappa shape index (κ2) is 7.08. The molecule has 1 aromatic carbocycles. The van der Waals surface area contributed by atoms with Crippen molar-refractivity contribution < 1.29 is 23.0 Å². The third kappa shape index (κ3) is 5.16. The van der Waals surface area contributed by atoms with E-state index < -0.39 is 15.6 Å². The highest BCUT2D eigenvalue weighted by Gasteiger charge is 2.24. The summed E-state index contributed by atoms with van der Waals surface area (Å²) in [6, 6.07) is 4.17. The number of nitrogen functional groups attached to an aromatic ring is 1. The molecule has 1 rings (SSSR count). The minimum absolute atomic E-state index is 0.0242. The number of hydrogen-bond donors (Lipinski definition) is 3. The largest absolute Gasteiger partial charge is 0.495 e. The van der Waals surface area contributed by atoms with Crippen molar-refractivity contribution in [3.8, 4) is 5.75 Å². The van der Waals surface area contributed by atoms with E-state index in [-0.39, 0.29) is 17.2 Å². The van der Waals surface area contributed by atoms with Crippen LogP contribution in [-0.4, -0.2) is 46.5 Å². The van der Waals surface area contributed by atoms with Crippen molar-refractivity contribution in [3.05, 3.63) is 18.2 Å². The van der Waals surface area contributed by atoms with Crippen LogP contribution in [0.5, 0.6) is 5.75 Å². The smallest absolute Gasteiger partial charge is 0.240 e. The lowest BCUT2D eigenvalue weighted by molar-refractivity contribution is 0.0292. The Balaban J connectivity index is 2.82. The number of rotatable bonds is 8. The summed E-state index contributed by atoms with van der Waals surface area (Å²) in [7, 11) is -0.832. The summed E-state index contributed by atoms with van der Waals surface area (Å²) < 4.78 is 36.6. The SMILES string of the molecule is COCCC(C)(O)CNS(=O)(=O)c1ccc(N)c(OC)c1. The van der Waals surface area contributed by atoms with Crippen LogP contribution in [0.2, 0.25) is 0 Å². The van der Waals surface area contributed by atoms with Crippen LogP contribution in [-0.2, 0) is 14.8 Å². The quantitative estimate of drug-likeness (QED) is 0.596. The molecule has 1 atom stereocenters.